The standard InChI is InChI=1S/C19H25ClO/c1-3-5-15-11-16(13-8-9-13)17(19(21)18(15)20)14-7-4-6-12(2)10-14/h10-11,13-14,21H,3-9H2,1-2H3. The number of hydrogen-bond donors (Lipinski definition) is 1. The summed E-state index contributed by atoms with van der Waals surface area (Å²) >= 11 is 6.46. The molecule has 1 aromatic rings. The van der Waals surface area contributed by atoms with Gasteiger partial charge in [0.2, 0.25) is 0 Å². The van der Waals surface area contributed by atoms with Gasteiger partial charge in [-0.15, -0.1) is 0 Å². The third kappa shape index (κ3) is 2.99. The van der Waals surface area contributed by atoms with Crippen molar-refractivity contribution < 1.29 is 5.11 Å². The number of phenols is 1. The molecule has 0 spiro atoms. The van der Waals surface area contributed by atoms with Crippen molar-refractivity contribution in [2.24, 2.45) is 0 Å². The quantitative estimate of drug-likeness (QED) is 0.667. The number of aryl methyl sites for hydroxylation is 1. The number of allylic oxidation sites excluding steroid dienone is 2. The summed E-state index contributed by atoms with van der Waals surface area (Å²) in [5.74, 6) is 1.36. The van der Waals surface area contributed by atoms with Crippen molar-refractivity contribution in [1.29, 1.82) is 0 Å². The van der Waals surface area contributed by atoms with Gasteiger partial charge in [0.05, 0.1) is 5.02 Å². The highest BCUT2D eigenvalue weighted by molar-refractivity contribution is 6.33. The van der Waals surface area contributed by atoms with Crippen molar-refractivity contribution in [3.8, 4) is 5.75 Å². The van der Waals surface area contributed by atoms with E-state index in [9.17, 15) is 5.11 Å². The molecule has 0 heterocycles. The van der Waals surface area contributed by atoms with Gasteiger partial charge in [0.1, 0.15) is 5.75 Å². The van der Waals surface area contributed by atoms with Crippen LogP contribution in [0.2, 0.25) is 5.02 Å². The Morgan fingerprint density at radius 1 is 1.29 bits per heavy atom. The summed E-state index contributed by atoms with van der Waals surface area (Å²) in [6.07, 6.45) is 10.4. The predicted octanol–water partition coefficient (Wildman–Crippen LogP) is 6.09. The Balaban J connectivity index is 2.09. The Morgan fingerprint density at radius 3 is 2.67 bits per heavy atom. The van der Waals surface area contributed by atoms with Crippen molar-refractivity contribution in [2.75, 3.05) is 0 Å². The zero-order chi connectivity index (χ0) is 15.0. The van der Waals surface area contributed by atoms with Gasteiger partial charge in [-0.05, 0) is 62.5 Å². The Hall–Kier alpha value is -0.950. The van der Waals surface area contributed by atoms with Crippen LogP contribution in [-0.2, 0) is 6.42 Å². The lowest BCUT2D eigenvalue weighted by Crippen LogP contribution is -2.07. The van der Waals surface area contributed by atoms with Gasteiger partial charge in [0.25, 0.3) is 0 Å². The van der Waals surface area contributed by atoms with E-state index in [2.05, 4.69) is 26.0 Å². The highest BCUT2D eigenvalue weighted by Crippen LogP contribution is 2.50. The minimum atomic E-state index is 0.350. The number of phenolic OH excluding ortho intramolecular Hbond substituents is 1. The van der Waals surface area contributed by atoms with E-state index in [1.54, 1.807) is 0 Å². The molecule has 1 aromatic carbocycles. The lowest BCUT2D eigenvalue weighted by molar-refractivity contribution is 0.459. The van der Waals surface area contributed by atoms with Crippen LogP contribution in [0.3, 0.4) is 0 Å². The number of rotatable bonds is 4. The molecule has 1 fully saturated rings. The van der Waals surface area contributed by atoms with Crippen LogP contribution >= 0.6 is 11.6 Å². The molecule has 1 atom stereocenters. The molecule has 0 amide bonds. The van der Waals surface area contributed by atoms with Crippen LogP contribution in [0.5, 0.6) is 5.75 Å². The molecule has 1 saturated carbocycles. The molecule has 114 valence electrons. The average Bonchev–Trinajstić information content (AvgIpc) is 3.28. The second kappa shape index (κ2) is 6.04. The van der Waals surface area contributed by atoms with Crippen molar-refractivity contribution in [3.05, 3.63) is 39.4 Å². The van der Waals surface area contributed by atoms with E-state index in [1.165, 1.54) is 36.8 Å². The largest absolute Gasteiger partial charge is 0.506 e. The number of benzene rings is 1. The molecule has 2 heteroatoms. The molecule has 0 aliphatic heterocycles. The highest BCUT2D eigenvalue weighted by atomic mass is 35.5. The maximum Gasteiger partial charge on any atom is 0.138 e. The Morgan fingerprint density at radius 2 is 2.05 bits per heavy atom. The SMILES string of the molecule is CCCc1cc(C2CC2)c(C2C=C(C)CCC2)c(O)c1Cl. The van der Waals surface area contributed by atoms with E-state index >= 15 is 0 Å². The van der Waals surface area contributed by atoms with Crippen molar-refractivity contribution >= 4 is 11.6 Å². The molecule has 1 unspecified atom stereocenters. The van der Waals surface area contributed by atoms with Crippen LogP contribution in [0.15, 0.2) is 17.7 Å². The van der Waals surface area contributed by atoms with Crippen LogP contribution in [0.4, 0.5) is 0 Å². The number of halogens is 1. The van der Waals surface area contributed by atoms with Crippen LogP contribution in [0.25, 0.3) is 0 Å². The van der Waals surface area contributed by atoms with Gasteiger partial charge in [-0.3, -0.25) is 0 Å². The summed E-state index contributed by atoms with van der Waals surface area (Å²) in [4.78, 5) is 0. The van der Waals surface area contributed by atoms with Gasteiger partial charge in [-0.1, -0.05) is 42.7 Å². The van der Waals surface area contributed by atoms with Gasteiger partial charge in [-0.2, -0.15) is 0 Å². The first-order chi connectivity index (χ1) is 10.1. The summed E-state index contributed by atoms with van der Waals surface area (Å²) in [5.41, 5.74) is 5.07. The van der Waals surface area contributed by atoms with E-state index in [-0.39, 0.29) is 0 Å². The van der Waals surface area contributed by atoms with E-state index in [1.807, 2.05) is 0 Å². The van der Waals surface area contributed by atoms with E-state index in [4.69, 9.17) is 11.6 Å². The molecule has 2 aliphatic rings. The molecule has 0 radical (unpaired) electrons. The van der Waals surface area contributed by atoms with E-state index in [0.29, 0.717) is 22.6 Å². The van der Waals surface area contributed by atoms with Crippen molar-refractivity contribution in [2.45, 2.75) is 70.6 Å². The minimum absolute atomic E-state index is 0.350. The van der Waals surface area contributed by atoms with E-state index < -0.39 is 0 Å². The maximum atomic E-state index is 10.7. The Kier molecular flexibility index (Phi) is 4.31. The average molecular weight is 305 g/mol. The summed E-state index contributed by atoms with van der Waals surface area (Å²) in [5, 5.41) is 11.3. The number of aromatic hydroxyl groups is 1. The molecule has 1 N–H and O–H groups in total. The molecule has 21 heavy (non-hydrogen) atoms. The van der Waals surface area contributed by atoms with Crippen LogP contribution in [-0.4, -0.2) is 5.11 Å². The molecule has 0 saturated heterocycles. The molecule has 0 bridgehead atoms. The molecule has 0 aromatic heterocycles. The zero-order valence-corrected chi connectivity index (χ0v) is 13.8. The van der Waals surface area contributed by atoms with E-state index in [0.717, 1.165) is 30.4 Å². The monoisotopic (exact) mass is 304 g/mol. The third-order valence-electron chi connectivity index (χ3n) is 4.86. The molecule has 1 nitrogen and oxygen atoms in total. The summed E-state index contributed by atoms with van der Waals surface area (Å²) < 4.78 is 0. The fraction of sp³-hybridized carbons (Fsp3) is 0.579. The first-order valence-electron chi connectivity index (χ1n) is 8.33. The van der Waals surface area contributed by atoms with Gasteiger partial charge < -0.3 is 5.11 Å². The molecule has 3 rings (SSSR count). The normalized spacial score (nSPS) is 22.2. The fourth-order valence-electron chi connectivity index (χ4n) is 3.65. The van der Waals surface area contributed by atoms with Crippen molar-refractivity contribution in [1.82, 2.24) is 0 Å². The Labute approximate surface area is 133 Å². The van der Waals surface area contributed by atoms with Gasteiger partial charge in [-0.25, -0.2) is 0 Å². The fourth-order valence-corrected chi connectivity index (χ4v) is 3.90. The first kappa shape index (κ1) is 15.0. The predicted molar refractivity (Wildman–Crippen MR) is 89.4 cm³/mol. The third-order valence-corrected chi connectivity index (χ3v) is 5.29. The van der Waals surface area contributed by atoms with Crippen LogP contribution in [0.1, 0.15) is 80.9 Å². The van der Waals surface area contributed by atoms with Gasteiger partial charge in [0.15, 0.2) is 0 Å². The second-order valence-corrected chi connectivity index (χ2v) is 7.12. The lowest BCUT2D eigenvalue weighted by atomic mass is 9.81. The molecular formula is C19H25ClO. The first-order valence-corrected chi connectivity index (χ1v) is 8.71. The Bertz CT molecular complexity index is 569. The molecular weight excluding hydrogens is 280 g/mol. The van der Waals surface area contributed by atoms with Crippen LogP contribution in [0, 0.1) is 0 Å². The van der Waals surface area contributed by atoms with Crippen molar-refractivity contribution in [3.63, 3.8) is 0 Å². The maximum absolute atomic E-state index is 10.7. The summed E-state index contributed by atoms with van der Waals surface area (Å²) in [7, 11) is 0. The number of hydrogen-bond acceptors (Lipinski definition) is 1. The second-order valence-electron chi connectivity index (χ2n) is 6.74. The van der Waals surface area contributed by atoms with Gasteiger partial charge >= 0.3 is 0 Å². The topological polar surface area (TPSA) is 20.2 Å². The summed E-state index contributed by atoms with van der Waals surface area (Å²) in [6, 6.07) is 2.29. The molecule has 2 aliphatic carbocycles. The zero-order valence-electron chi connectivity index (χ0n) is 13.1. The minimum Gasteiger partial charge on any atom is -0.506 e. The van der Waals surface area contributed by atoms with Crippen LogP contribution < -0.4 is 0 Å². The highest BCUT2D eigenvalue weighted by Gasteiger charge is 2.32. The van der Waals surface area contributed by atoms with Gasteiger partial charge in [0, 0.05) is 11.5 Å². The lowest BCUT2D eigenvalue weighted by Gasteiger charge is -2.25. The smallest absolute Gasteiger partial charge is 0.138 e. The summed E-state index contributed by atoms with van der Waals surface area (Å²) in [6.45, 7) is 4.36.